The SMILES string of the molecule is Cc1cc(C)c(C=CC(=O)NCC#Cc2ccccc2)cc1C. The van der Waals surface area contributed by atoms with Gasteiger partial charge < -0.3 is 5.32 Å². The molecule has 0 saturated carbocycles. The molecule has 0 spiro atoms. The molecule has 0 aliphatic rings. The van der Waals surface area contributed by atoms with Crippen molar-refractivity contribution in [3.8, 4) is 11.8 Å². The predicted molar refractivity (Wildman–Crippen MR) is 96.0 cm³/mol. The molecule has 1 amide bonds. The van der Waals surface area contributed by atoms with E-state index >= 15 is 0 Å². The van der Waals surface area contributed by atoms with Crippen LogP contribution in [0.15, 0.2) is 48.5 Å². The van der Waals surface area contributed by atoms with Gasteiger partial charge in [0, 0.05) is 11.6 Å². The molecule has 2 heteroatoms. The molecule has 0 unspecified atom stereocenters. The number of aryl methyl sites for hydroxylation is 3. The van der Waals surface area contributed by atoms with Crippen molar-refractivity contribution in [2.75, 3.05) is 6.54 Å². The number of benzene rings is 2. The van der Waals surface area contributed by atoms with E-state index < -0.39 is 0 Å². The molecule has 0 fully saturated rings. The summed E-state index contributed by atoms with van der Waals surface area (Å²) in [6.45, 7) is 6.55. The van der Waals surface area contributed by atoms with E-state index in [0.717, 1.165) is 11.1 Å². The Labute approximate surface area is 138 Å². The minimum absolute atomic E-state index is 0.134. The van der Waals surface area contributed by atoms with E-state index in [9.17, 15) is 4.79 Å². The number of rotatable bonds is 3. The fourth-order valence-electron chi connectivity index (χ4n) is 2.19. The molecular weight excluding hydrogens is 282 g/mol. The second-order valence-electron chi connectivity index (χ2n) is 5.51. The number of hydrogen-bond acceptors (Lipinski definition) is 1. The molecule has 116 valence electrons. The summed E-state index contributed by atoms with van der Waals surface area (Å²) in [6, 6.07) is 14.0. The highest BCUT2D eigenvalue weighted by molar-refractivity contribution is 5.92. The van der Waals surface area contributed by atoms with E-state index in [4.69, 9.17) is 0 Å². The van der Waals surface area contributed by atoms with Gasteiger partial charge >= 0.3 is 0 Å². The second-order valence-corrected chi connectivity index (χ2v) is 5.51. The maximum absolute atomic E-state index is 11.8. The van der Waals surface area contributed by atoms with Gasteiger partial charge in [0.1, 0.15) is 0 Å². The van der Waals surface area contributed by atoms with Crippen LogP contribution in [0.1, 0.15) is 27.8 Å². The lowest BCUT2D eigenvalue weighted by Crippen LogP contribution is -2.20. The minimum Gasteiger partial charge on any atom is -0.342 e. The average molecular weight is 303 g/mol. The molecule has 0 radical (unpaired) electrons. The fraction of sp³-hybridized carbons (Fsp3) is 0.190. The van der Waals surface area contributed by atoms with Crippen LogP contribution in [0.25, 0.3) is 6.08 Å². The summed E-state index contributed by atoms with van der Waals surface area (Å²) >= 11 is 0. The summed E-state index contributed by atoms with van der Waals surface area (Å²) in [6.07, 6.45) is 3.41. The van der Waals surface area contributed by atoms with Crippen LogP contribution in [0, 0.1) is 32.6 Å². The van der Waals surface area contributed by atoms with Crippen molar-refractivity contribution in [1.29, 1.82) is 0 Å². The first-order chi connectivity index (χ1) is 11.1. The molecule has 1 N–H and O–H groups in total. The zero-order chi connectivity index (χ0) is 16.7. The summed E-state index contributed by atoms with van der Waals surface area (Å²) in [5, 5.41) is 2.77. The molecule has 0 atom stereocenters. The van der Waals surface area contributed by atoms with Gasteiger partial charge in [-0.1, -0.05) is 42.2 Å². The lowest BCUT2D eigenvalue weighted by atomic mass is 10.0. The van der Waals surface area contributed by atoms with Crippen LogP contribution in [-0.4, -0.2) is 12.5 Å². The van der Waals surface area contributed by atoms with Crippen LogP contribution in [-0.2, 0) is 4.79 Å². The molecule has 0 heterocycles. The average Bonchev–Trinajstić information content (AvgIpc) is 2.55. The highest BCUT2D eigenvalue weighted by Crippen LogP contribution is 2.16. The Hall–Kier alpha value is -2.79. The molecule has 0 saturated heterocycles. The Morgan fingerprint density at radius 2 is 1.74 bits per heavy atom. The van der Waals surface area contributed by atoms with E-state index in [0.29, 0.717) is 6.54 Å². The van der Waals surface area contributed by atoms with Crippen molar-refractivity contribution in [1.82, 2.24) is 5.32 Å². The Bertz CT molecular complexity index is 777. The lowest BCUT2D eigenvalue weighted by molar-refractivity contribution is -0.116. The Morgan fingerprint density at radius 1 is 1.04 bits per heavy atom. The van der Waals surface area contributed by atoms with Crippen molar-refractivity contribution in [2.45, 2.75) is 20.8 Å². The smallest absolute Gasteiger partial charge is 0.244 e. The summed E-state index contributed by atoms with van der Waals surface area (Å²) in [4.78, 5) is 11.8. The van der Waals surface area contributed by atoms with E-state index in [2.05, 4.69) is 50.1 Å². The highest BCUT2D eigenvalue weighted by Gasteiger charge is 2.00. The van der Waals surface area contributed by atoms with Crippen molar-refractivity contribution in [2.24, 2.45) is 0 Å². The quantitative estimate of drug-likeness (QED) is 0.678. The van der Waals surface area contributed by atoms with E-state index in [-0.39, 0.29) is 5.91 Å². The standard InChI is InChI=1S/C21H21NO/c1-16-14-18(3)20(15-17(16)2)11-12-21(23)22-13-7-10-19-8-5-4-6-9-19/h4-6,8-9,11-12,14-15H,13H2,1-3H3,(H,22,23). The summed E-state index contributed by atoms with van der Waals surface area (Å²) < 4.78 is 0. The van der Waals surface area contributed by atoms with Crippen molar-refractivity contribution in [3.05, 3.63) is 76.4 Å². The largest absolute Gasteiger partial charge is 0.342 e. The van der Waals surface area contributed by atoms with Gasteiger partial charge in [0.2, 0.25) is 5.91 Å². The molecule has 2 aromatic carbocycles. The molecule has 2 aromatic rings. The minimum atomic E-state index is -0.134. The molecule has 0 bridgehead atoms. The third-order valence-electron chi connectivity index (χ3n) is 3.65. The van der Waals surface area contributed by atoms with Gasteiger partial charge in [0.15, 0.2) is 0 Å². The number of nitrogens with one attached hydrogen (secondary N) is 1. The molecular formula is C21H21NO. The van der Waals surface area contributed by atoms with Gasteiger partial charge in [0.05, 0.1) is 6.54 Å². The van der Waals surface area contributed by atoms with E-state index in [1.165, 1.54) is 16.7 Å². The zero-order valence-corrected chi connectivity index (χ0v) is 13.8. The molecule has 2 rings (SSSR count). The highest BCUT2D eigenvalue weighted by atomic mass is 16.1. The molecule has 2 nitrogen and oxygen atoms in total. The summed E-state index contributed by atoms with van der Waals surface area (Å²) in [5.74, 6) is 5.82. The number of amides is 1. The Balaban J connectivity index is 1.90. The third kappa shape index (κ3) is 5.16. The Kier molecular flexibility index (Phi) is 5.77. The number of carbonyl (C=O) groups excluding carboxylic acids is 1. The van der Waals surface area contributed by atoms with E-state index in [1.54, 1.807) is 6.08 Å². The number of hydrogen-bond donors (Lipinski definition) is 1. The molecule has 0 aromatic heterocycles. The lowest BCUT2D eigenvalue weighted by Gasteiger charge is -2.05. The number of carbonyl (C=O) groups is 1. The van der Waals surface area contributed by atoms with Crippen molar-refractivity contribution < 1.29 is 4.79 Å². The van der Waals surface area contributed by atoms with Crippen LogP contribution in [0.4, 0.5) is 0 Å². The van der Waals surface area contributed by atoms with Crippen molar-refractivity contribution >= 4 is 12.0 Å². The third-order valence-corrected chi connectivity index (χ3v) is 3.65. The first-order valence-corrected chi connectivity index (χ1v) is 7.64. The molecule has 0 aliphatic carbocycles. The fourth-order valence-corrected chi connectivity index (χ4v) is 2.19. The van der Waals surface area contributed by atoms with Gasteiger partial charge in [0.25, 0.3) is 0 Å². The van der Waals surface area contributed by atoms with Crippen LogP contribution < -0.4 is 5.32 Å². The Morgan fingerprint density at radius 3 is 2.48 bits per heavy atom. The van der Waals surface area contributed by atoms with Crippen LogP contribution >= 0.6 is 0 Å². The maximum atomic E-state index is 11.8. The second kappa shape index (κ2) is 8.00. The van der Waals surface area contributed by atoms with Crippen LogP contribution in [0.2, 0.25) is 0 Å². The van der Waals surface area contributed by atoms with Gasteiger partial charge in [-0.3, -0.25) is 4.79 Å². The first kappa shape index (κ1) is 16.6. The van der Waals surface area contributed by atoms with Gasteiger partial charge in [-0.2, -0.15) is 0 Å². The van der Waals surface area contributed by atoms with Gasteiger partial charge in [-0.05, 0) is 61.2 Å². The van der Waals surface area contributed by atoms with Crippen LogP contribution in [0.5, 0.6) is 0 Å². The van der Waals surface area contributed by atoms with E-state index in [1.807, 2.05) is 36.4 Å². The normalized spacial score (nSPS) is 10.2. The van der Waals surface area contributed by atoms with Crippen molar-refractivity contribution in [3.63, 3.8) is 0 Å². The predicted octanol–water partition coefficient (Wildman–Crippen LogP) is 3.79. The monoisotopic (exact) mass is 303 g/mol. The maximum Gasteiger partial charge on any atom is 0.244 e. The molecule has 0 aliphatic heterocycles. The molecule has 23 heavy (non-hydrogen) atoms. The summed E-state index contributed by atoms with van der Waals surface area (Å²) in [5.41, 5.74) is 5.67. The van der Waals surface area contributed by atoms with Gasteiger partial charge in [-0.15, -0.1) is 0 Å². The first-order valence-electron chi connectivity index (χ1n) is 7.64. The van der Waals surface area contributed by atoms with Gasteiger partial charge in [-0.25, -0.2) is 0 Å². The zero-order valence-electron chi connectivity index (χ0n) is 13.8. The van der Waals surface area contributed by atoms with Crippen LogP contribution in [0.3, 0.4) is 0 Å². The topological polar surface area (TPSA) is 29.1 Å². The summed E-state index contributed by atoms with van der Waals surface area (Å²) in [7, 11) is 0.